The van der Waals surface area contributed by atoms with Crippen LogP contribution in [0, 0.1) is 16.7 Å². The van der Waals surface area contributed by atoms with Crippen LogP contribution in [0.1, 0.15) is 33.6 Å². The molecule has 0 aliphatic heterocycles. The van der Waals surface area contributed by atoms with Crippen molar-refractivity contribution in [1.82, 2.24) is 0 Å². The van der Waals surface area contributed by atoms with Gasteiger partial charge in [0.15, 0.2) is 5.78 Å². The molecule has 0 spiro atoms. The van der Waals surface area contributed by atoms with Gasteiger partial charge in [-0.15, -0.1) is 0 Å². The lowest BCUT2D eigenvalue weighted by Crippen LogP contribution is -2.33. The Morgan fingerprint density at radius 1 is 1.42 bits per heavy atom. The van der Waals surface area contributed by atoms with Crippen LogP contribution in [0.15, 0.2) is 0 Å². The number of fused-ring (bicyclic) bond motifs is 2. The number of carbonyl (C=O) groups is 1. The van der Waals surface area contributed by atoms with Gasteiger partial charge in [0.2, 0.25) is 0 Å². The molecule has 2 rings (SSSR count). The normalized spacial score (nSPS) is 44.1. The highest BCUT2D eigenvalue weighted by molar-refractivity contribution is 7.82. The van der Waals surface area contributed by atoms with Gasteiger partial charge in [0.25, 0.3) is 0 Å². The summed E-state index contributed by atoms with van der Waals surface area (Å²) in [5, 5.41) is 0. The minimum atomic E-state index is -0.144. The molecule has 12 heavy (non-hydrogen) atoms. The highest BCUT2D eigenvalue weighted by atomic mass is 32.1. The van der Waals surface area contributed by atoms with E-state index in [4.69, 9.17) is 12.2 Å². The monoisotopic (exact) mass is 182 g/mol. The zero-order valence-corrected chi connectivity index (χ0v) is 8.62. The van der Waals surface area contributed by atoms with Crippen LogP contribution >= 0.6 is 12.2 Å². The molecule has 0 aromatic heterocycles. The highest BCUT2D eigenvalue weighted by Gasteiger charge is 2.64. The van der Waals surface area contributed by atoms with E-state index in [0.29, 0.717) is 10.8 Å². The zero-order valence-electron chi connectivity index (χ0n) is 7.81. The fourth-order valence-electron chi connectivity index (χ4n) is 2.80. The van der Waals surface area contributed by atoms with Crippen molar-refractivity contribution < 1.29 is 4.79 Å². The van der Waals surface area contributed by atoms with Gasteiger partial charge in [-0.05, 0) is 18.3 Å². The number of carbonyl (C=O) groups excluding carboxylic acids is 1. The first-order chi connectivity index (χ1) is 5.41. The van der Waals surface area contributed by atoms with Crippen molar-refractivity contribution >= 4 is 22.9 Å². The quantitative estimate of drug-likeness (QED) is 0.535. The van der Waals surface area contributed by atoms with E-state index in [0.717, 1.165) is 12.8 Å². The maximum absolute atomic E-state index is 11.8. The standard InChI is InChI=1S/C10H14OS/c1-9(2)6-4-5-10(9,3)8(11)7(6)12/h6H,4-5H2,1-3H3. The Hall–Kier alpha value is -0.240. The molecule has 0 N–H and O–H groups in total. The van der Waals surface area contributed by atoms with Crippen molar-refractivity contribution in [3.63, 3.8) is 0 Å². The Kier molecular flexibility index (Phi) is 1.38. The summed E-state index contributed by atoms with van der Waals surface area (Å²) in [7, 11) is 0. The van der Waals surface area contributed by atoms with Gasteiger partial charge in [0.1, 0.15) is 0 Å². The molecule has 0 amide bonds. The molecule has 0 heterocycles. The van der Waals surface area contributed by atoms with Crippen LogP contribution in [-0.2, 0) is 4.79 Å². The van der Waals surface area contributed by atoms with Gasteiger partial charge in [-0.25, -0.2) is 0 Å². The molecule has 2 aliphatic rings. The average Bonchev–Trinajstić information content (AvgIpc) is 2.26. The van der Waals surface area contributed by atoms with Crippen LogP contribution in [0.25, 0.3) is 0 Å². The third kappa shape index (κ3) is 0.620. The fraction of sp³-hybridized carbons (Fsp3) is 0.800. The Labute approximate surface area is 78.5 Å². The largest absolute Gasteiger partial charge is 0.293 e. The minimum absolute atomic E-state index is 0.112. The third-order valence-electron chi connectivity index (χ3n) is 4.27. The third-order valence-corrected chi connectivity index (χ3v) is 4.74. The topological polar surface area (TPSA) is 17.1 Å². The number of rotatable bonds is 0. The van der Waals surface area contributed by atoms with Crippen LogP contribution in [-0.4, -0.2) is 10.6 Å². The molecule has 2 bridgehead atoms. The lowest BCUT2D eigenvalue weighted by molar-refractivity contribution is -0.123. The van der Waals surface area contributed by atoms with E-state index in [1.165, 1.54) is 0 Å². The van der Waals surface area contributed by atoms with E-state index in [1.807, 2.05) is 0 Å². The SMILES string of the molecule is CC12CCC(C(=S)C1=O)C2(C)C. The Balaban J connectivity index is 2.58. The van der Waals surface area contributed by atoms with E-state index in [9.17, 15) is 4.79 Å². The second-order valence-electron chi connectivity index (χ2n) is 4.84. The van der Waals surface area contributed by atoms with Gasteiger partial charge in [-0.1, -0.05) is 33.0 Å². The maximum Gasteiger partial charge on any atom is 0.176 e. The van der Waals surface area contributed by atoms with Crippen LogP contribution in [0.4, 0.5) is 0 Å². The van der Waals surface area contributed by atoms with Gasteiger partial charge in [0, 0.05) is 11.3 Å². The molecule has 2 atom stereocenters. The minimum Gasteiger partial charge on any atom is -0.293 e. The molecule has 2 aliphatic carbocycles. The molecular weight excluding hydrogens is 168 g/mol. The molecule has 0 aromatic carbocycles. The van der Waals surface area contributed by atoms with E-state index >= 15 is 0 Å². The second kappa shape index (κ2) is 1.98. The van der Waals surface area contributed by atoms with Gasteiger partial charge in [-0.3, -0.25) is 4.79 Å². The number of ketones is 1. The van der Waals surface area contributed by atoms with Crippen LogP contribution in [0.5, 0.6) is 0 Å². The summed E-state index contributed by atoms with van der Waals surface area (Å²) in [4.78, 5) is 12.5. The molecule has 2 unspecified atom stereocenters. The Morgan fingerprint density at radius 3 is 2.25 bits per heavy atom. The molecule has 2 saturated carbocycles. The number of hydrogen-bond donors (Lipinski definition) is 0. The van der Waals surface area contributed by atoms with E-state index in [1.54, 1.807) is 0 Å². The van der Waals surface area contributed by atoms with E-state index in [-0.39, 0.29) is 16.6 Å². The first-order valence-corrected chi connectivity index (χ1v) is 4.91. The van der Waals surface area contributed by atoms with Crippen molar-refractivity contribution in [3.05, 3.63) is 0 Å². The van der Waals surface area contributed by atoms with E-state index < -0.39 is 0 Å². The first-order valence-electron chi connectivity index (χ1n) is 4.50. The molecule has 66 valence electrons. The Bertz CT molecular complexity index is 280. The summed E-state index contributed by atoms with van der Waals surface area (Å²) in [6.07, 6.45) is 2.15. The summed E-state index contributed by atoms with van der Waals surface area (Å²) in [6, 6.07) is 0. The molecular formula is C10H14OS. The molecule has 0 radical (unpaired) electrons. The predicted molar refractivity (Wildman–Crippen MR) is 52.2 cm³/mol. The highest BCUT2D eigenvalue weighted by Crippen LogP contribution is 2.62. The first kappa shape index (κ1) is 8.36. The number of thiocarbonyl (C=S) groups is 1. The summed E-state index contributed by atoms with van der Waals surface area (Å²) < 4.78 is 0. The molecule has 1 nitrogen and oxygen atoms in total. The summed E-state index contributed by atoms with van der Waals surface area (Å²) in [5.41, 5.74) is -0.0318. The molecule has 2 heteroatoms. The average molecular weight is 182 g/mol. The predicted octanol–water partition coefficient (Wildman–Crippen LogP) is 2.38. The lowest BCUT2D eigenvalue weighted by Gasteiger charge is -2.31. The smallest absolute Gasteiger partial charge is 0.176 e. The Morgan fingerprint density at radius 2 is 2.00 bits per heavy atom. The van der Waals surface area contributed by atoms with Crippen LogP contribution in [0.3, 0.4) is 0 Å². The number of hydrogen-bond acceptors (Lipinski definition) is 2. The van der Waals surface area contributed by atoms with Crippen LogP contribution in [0.2, 0.25) is 0 Å². The molecule has 0 aromatic rings. The summed E-state index contributed by atoms with van der Waals surface area (Å²) in [6.45, 7) is 6.44. The summed E-state index contributed by atoms with van der Waals surface area (Å²) in [5.74, 6) is 0.628. The van der Waals surface area contributed by atoms with Gasteiger partial charge < -0.3 is 0 Å². The maximum atomic E-state index is 11.8. The number of Topliss-reactive ketones (excluding diaryl/α,β-unsaturated/α-hetero) is 1. The van der Waals surface area contributed by atoms with Gasteiger partial charge in [0.05, 0.1) is 4.86 Å². The van der Waals surface area contributed by atoms with Gasteiger partial charge >= 0.3 is 0 Å². The van der Waals surface area contributed by atoms with Crippen molar-refractivity contribution in [3.8, 4) is 0 Å². The van der Waals surface area contributed by atoms with Crippen molar-refractivity contribution in [2.75, 3.05) is 0 Å². The lowest BCUT2D eigenvalue weighted by atomic mass is 9.70. The fourth-order valence-corrected chi connectivity index (χ4v) is 3.43. The van der Waals surface area contributed by atoms with Crippen molar-refractivity contribution in [2.45, 2.75) is 33.6 Å². The second-order valence-corrected chi connectivity index (χ2v) is 5.28. The molecule has 2 fully saturated rings. The van der Waals surface area contributed by atoms with Gasteiger partial charge in [-0.2, -0.15) is 0 Å². The van der Waals surface area contributed by atoms with Crippen molar-refractivity contribution in [1.29, 1.82) is 0 Å². The zero-order chi connectivity index (χ0) is 9.15. The van der Waals surface area contributed by atoms with E-state index in [2.05, 4.69) is 20.8 Å². The van der Waals surface area contributed by atoms with Crippen LogP contribution < -0.4 is 0 Å². The molecule has 0 saturated heterocycles. The van der Waals surface area contributed by atoms with Crippen molar-refractivity contribution in [2.24, 2.45) is 16.7 Å². The summed E-state index contributed by atoms with van der Waals surface area (Å²) >= 11 is 5.16.